The number of H-pyrrole nitrogens is 1. The molecule has 108 valence electrons. The van der Waals surface area contributed by atoms with Crippen LogP contribution >= 0.6 is 11.3 Å². The third-order valence-corrected chi connectivity index (χ3v) is 4.12. The number of aromatic amines is 1. The zero-order valence-electron chi connectivity index (χ0n) is 11.5. The summed E-state index contributed by atoms with van der Waals surface area (Å²) < 4.78 is 0. The number of hydrogen-bond donors (Lipinski definition) is 3. The van der Waals surface area contributed by atoms with Crippen LogP contribution in [-0.4, -0.2) is 21.1 Å². The molecule has 1 aromatic carbocycles. The van der Waals surface area contributed by atoms with Gasteiger partial charge < -0.3 is 11.1 Å². The van der Waals surface area contributed by atoms with E-state index in [1.54, 1.807) is 6.20 Å². The first kappa shape index (κ1) is 13.7. The van der Waals surface area contributed by atoms with Gasteiger partial charge in [0.05, 0.1) is 29.9 Å². The molecule has 1 unspecified atom stereocenters. The smallest absolute Gasteiger partial charge is 0.230 e. The maximum atomic E-state index is 12.0. The number of benzene rings is 1. The number of nitrogens with zero attached hydrogens (tertiary/aromatic N) is 2. The number of anilines is 1. The number of carbonyl (C=O) groups is 1. The van der Waals surface area contributed by atoms with Crippen molar-refractivity contribution in [1.29, 1.82) is 0 Å². The Morgan fingerprint density at radius 3 is 3.14 bits per heavy atom. The van der Waals surface area contributed by atoms with Gasteiger partial charge in [0.25, 0.3) is 0 Å². The lowest BCUT2D eigenvalue weighted by Crippen LogP contribution is -2.14. The van der Waals surface area contributed by atoms with Crippen molar-refractivity contribution in [2.75, 3.05) is 5.32 Å². The molecule has 2 aromatic heterocycles. The third-order valence-electron chi connectivity index (χ3n) is 3.02. The molecular weight excluding hydrogens is 286 g/mol. The molecule has 7 heteroatoms. The van der Waals surface area contributed by atoms with E-state index in [4.69, 9.17) is 5.73 Å². The van der Waals surface area contributed by atoms with Crippen LogP contribution in [0.4, 0.5) is 5.69 Å². The second kappa shape index (κ2) is 5.63. The topological polar surface area (TPSA) is 96.7 Å². The minimum atomic E-state index is -0.102. The zero-order valence-corrected chi connectivity index (χ0v) is 12.3. The molecule has 0 spiro atoms. The Morgan fingerprint density at radius 2 is 2.38 bits per heavy atom. The van der Waals surface area contributed by atoms with Crippen LogP contribution in [0.3, 0.4) is 0 Å². The maximum Gasteiger partial charge on any atom is 0.230 e. The standard InChI is InChI=1S/C14H15N5OS/c1-8(15)14-18-11(7-21-14)5-13(20)17-10-2-3-12-9(4-10)6-16-19-12/h2-4,6-8H,5,15H2,1H3,(H,16,19)(H,17,20). The first-order valence-corrected chi connectivity index (χ1v) is 7.42. The summed E-state index contributed by atoms with van der Waals surface area (Å²) in [4.78, 5) is 16.4. The van der Waals surface area contributed by atoms with Crippen LogP contribution in [0, 0.1) is 0 Å². The van der Waals surface area contributed by atoms with E-state index in [9.17, 15) is 4.79 Å². The molecule has 0 aliphatic heterocycles. The summed E-state index contributed by atoms with van der Waals surface area (Å²) in [6.45, 7) is 1.88. The maximum absolute atomic E-state index is 12.0. The van der Waals surface area contributed by atoms with E-state index in [0.29, 0.717) is 0 Å². The molecule has 2 heterocycles. The van der Waals surface area contributed by atoms with Crippen molar-refractivity contribution in [2.24, 2.45) is 5.73 Å². The van der Waals surface area contributed by atoms with Crippen LogP contribution in [-0.2, 0) is 11.2 Å². The predicted molar refractivity (Wildman–Crippen MR) is 83.1 cm³/mol. The van der Waals surface area contributed by atoms with Gasteiger partial charge in [-0.25, -0.2) is 4.98 Å². The van der Waals surface area contributed by atoms with Crippen LogP contribution in [0.25, 0.3) is 10.9 Å². The number of carbonyl (C=O) groups excluding carboxylic acids is 1. The molecule has 3 rings (SSSR count). The lowest BCUT2D eigenvalue weighted by molar-refractivity contribution is -0.115. The fraction of sp³-hybridized carbons (Fsp3) is 0.214. The van der Waals surface area contributed by atoms with Crippen molar-refractivity contribution in [2.45, 2.75) is 19.4 Å². The van der Waals surface area contributed by atoms with Crippen molar-refractivity contribution in [1.82, 2.24) is 15.2 Å². The van der Waals surface area contributed by atoms with Gasteiger partial charge in [0, 0.05) is 16.5 Å². The zero-order chi connectivity index (χ0) is 14.8. The van der Waals surface area contributed by atoms with Crippen LogP contribution in [0.1, 0.15) is 23.7 Å². The Bertz CT molecular complexity index is 776. The Kier molecular flexibility index (Phi) is 3.68. The number of nitrogens with two attached hydrogens (primary N) is 1. The van der Waals surface area contributed by atoms with Crippen molar-refractivity contribution in [3.05, 3.63) is 40.5 Å². The molecule has 0 saturated heterocycles. The minimum Gasteiger partial charge on any atom is -0.326 e. The lowest BCUT2D eigenvalue weighted by atomic mass is 10.2. The van der Waals surface area contributed by atoms with Crippen LogP contribution in [0.2, 0.25) is 0 Å². The SMILES string of the molecule is CC(N)c1nc(CC(=O)Nc2ccc3[nH]ncc3c2)cs1. The first-order valence-electron chi connectivity index (χ1n) is 6.54. The highest BCUT2D eigenvalue weighted by atomic mass is 32.1. The number of aromatic nitrogens is 3. The van der Waals surface area contributed by atoms with E-state index < -0.39 is 0 Å². The normalized spacial score (nSPS) is 12.5. The molecule has 0 saturated carbocycles. The van der Waals surface area contributed by atoms with Crippen LogP contribution in [0.5, 0.6) is 0 Å². The predicted octanol–water partition coefficient (Wildman–Crippen LogP) is 2.22. The highest BCUT2D eigenvalue weighted by Gasteiger charge is 2.10. The molecule has 0 aliphatic rings. The average molecular weight is 301 g/mol. The highest BCUT2D eigenvalue weighted by Crippen LogP contribution is 2.18. The summed E-state index contributed by atoms with van der Waals surface area (Å²) in [5, 5.41) is 13.4. The average Bonchev–Trinajstić information content (AvgIpc) is 3.06. The third kappa shape index (κ3) is 3.09. The van der Waals surface area contributed by atoms with Gasteiger partial charge in [0.15, 0.2) is 0 Å². The van der Waals surface area contributed by atoms with Crippen LogP contribution in [0.15, 0.2) is 29.8 Å². The van der Waals surface area contributed by atoms with Gasteiger partial charge in [-0.1, -0.05) is 0 Å². The molecule has 0 aliphatic carbocycles. The summed E-state index contributed by atoms with van der Waals surface area (Å²) in [5.41, 5.74) is 8.19. The van der Waals surface area contributed by atoms with Gasteiger partial charge in [-0.15, -0.1) is 11.3 Å². The summed E-state index contributed by atoms with van der Waals surface area (Å²) in [7, 11) is 0. The van der Waals surface area contributed by atoms with E-state index in [1.807, 2.05) is 30.5 Å². The van der Waals surface area contributed by atoms with Crippen molar-refractivity contribution >= 4 is 33.8 Å². The molecule has 6 nitrogen and oxygen atoms in total. The van der Waals surface area contributed by atoms with Gasteiger partial charge in [-0.05, 0) is 25.1 Å². The summed E-state index contributed by atoms with van der Waals surface area (Å²) in [6.07, 6.45) is 1.97. The quantitative estimate of drug-likeness (QED) is 0.688. The molecule has 0 bridgehead atoms. The molecule has 1 amide bonds. The van der Waals surface area contributed by atoms with Gasteiger partial charge in [0.2, 0.25) is 5.91 Å². The first-order chi connectivity index (χ1) is 10.1. The Labute approximate surface area is 125 Å². The summed E-state index contributed by atoms with van der Waals surface area (Å²) in [5.74, 6) is -0.0978. The molecule has 0 fully saturated rings. The molecule has 1 atom stereocenters. The fourth-order valence-electron chi connectivity index (χ4n) is 2.00. The summed E-state index contributed by atoms with van der Waals surface area (Å²) in [6, 6.07) is 5.50. The van der Waals surface area contributed by atoms with E-state index >= 15 is 0 Å². The molecule has 21 heavy (non-hydrogen) atoms. The monoisotopic (exact) mass is 301 g/mol. The highest BCUT2D eigenvalue weighted by molar-refractivity contribution is 7.09. The van der Waals surface area contributed by atoms with E-state index in [1.165, 1.54) is 11.3 Å². The number of amides is 1. The largest absolute Gasteiger partial charge is 0.326 e. The molecule has 0 radical (unpaired) electrons. The van der Waals surface area contributed by atoms with Gasteiger partial charge in [-0.3, -0.25) is 9.89 Å². The van der Waals surface area contributed by atoms with Crippen LogP contribution < -0.4 is 11.1 Å². The lowest BCUT2D eigenvalue weighted by Gasteiger charge is -2.04. The number of hydrogen-bond acceptors (Lipinski definition) is 5. The number of nitrogens with one attached hydrogen (secondary N) is 2. The van der Waals surface area contributed by atoms with Gasteiger partial charge in [0.1, 0.15) is 5.01 Å². The van der Waals surface area contributed by atoms with Gasteiger partial charge in [-0.2, -0.15) is 5.10 Å². The second-order valence-corrected chi connectivity index (χ2v) is 5.75. The fourth-order valence-corrected chi connectivity index (χ4v) is 2.78. The van der Waals surface area contributed by atoms with Crippen molar-refractivity contribution in [3.8, 4) is 0 Å². The van der Waals surface area contributed by atoms with E-state index in [0.717, 1.165) is 27.3 Å². The second-order valence-electron chi connectivity index (χ2n) is 4.86. The Morgan fingerprint density at radius 1 is 1.52 bits per heavy atom. The Hall–Kier alpha value is -2.25. The number of rotatable bonds is 4. The molecular formula is C14H15N5OS. The van der Waals surface area contributed by atoms with Crippen molar-refractivity contribution in [3.63, 3.8) is 0 Å². The van der Waals surface area contributed by atoms with Crippen molar-refractivity contribution < 1.29 is 4.79 Å². The number of thiazole rings is 1. The van der Waals surface area contributed by atoms with Gasteiger partial charge >= 0.3 is 0 Å². The molecule has 4 N–H and O–H groups in total. The minimum absolute atomic E-state index is 0.0978. The summed E-state index contributed by atoms with van der Waals surface area (Å²) >= 11 is 1.48. The Balaban J connectivity index is 1.67. The number of fused-ring (bicyclic) bond motifs is 1. The van der Waals surface area contributed by atoms with E-state index in [-0.39, 0.29) is 18.4 Å². The molecule has 3 aromatic rings. The van der Waals surface area contributed by atoms with E-state index in [2.05, 4.69) is 20.5 Å².